The molecule has 1 aliphatic rings. The van der Waals surface area contributed by atoms with Crippen molar-refractivity contribution in [1.82, 2.24) is 4.98 Å². The molecule has 0 saturated carbocycles. The van der Waals surface area contributed by atoms with Crippen molar-refractivity contribution < 1.29 is 4.79 Å². The van der Waals surface area contributed by atoms with Gasteiger partial charge in [0, 0.05) is 49.3 Å². The van der Waals surface area contributed by atoms with Crippen LogP contribution in [0.4, 0.5) is 22.9 Å². The number of rotatable bonds is 4. The summed E-state index contributed by atoms with van der Waals surface area (Å²) in [5.74, 6) is 0.805. The Bertz CT molecular complexity index is 1000. The fraction of sp³-hybridized carbons (Fsp3) is 0.174. The average Bonchev–Trinajstić information content (AvgIpc) is 2.80. The maximum Gasteiger partial charge on any atom is 0.255 e. The molecule has 1 amide bonds. The lowest BCUT2D eigenvalue weighted by molar-refractivity contribution is 0.102. The van der Waals surface area contributed by atoms with Gasteiger partial charge >= 0.3 is 0 Å². The van der Waals surface area contributed by atoms with Crippen LogP contribution in [0.5, 0.6) is 0 Å². The summed E-state index contributed by atoms with van der Waals surface area (Å²) in [7, 11) is 0. The first-order valence-electron chi connectivity index (χ1n) is 9.53. The SMILES string of the molecule is [C-]#[N+]c1ccc(N2CCN(c3ccc(NC(=O)c4ccccc4)cc3)CC2)nc1. The molecule has 0 unspecified atom stereocenters. The lowest BCUT2D eigenvalue weighted by Crippen LogP contribution is -2.46. The first-order chi connectivity index (χ1) is 14.2. The van der Waals surface area contributed by atoms with E-state index >= 15 is 0 Å². The van der Waals surface area contributed by atoms with Crippen LogP contribution in [-0.4, -0.2) is 37.1 Å². The van der Waals surface area contributed by atoms with Gasteiger partial charge in [-0.2, -0.15) is 0 Å². The molecule has 1 aromatic heterocycles. The van der Waals surface area contributed by atoms with Crippen molar-refractivity contribution in [2.45, 2.75) is 0 Å². The predicted octanol–water partition coefficient (Wildman–Crippen LogP) is 4.21. The van der Waals surface area contributed by atoms with Gasteiger partial charge in [-0.15, -0.1) is 0 Å². The van der Waals surface area contributed by atoms with Crippen LogP contribution in [0, 0.1) is 6.57 Å². The minimum absolute atomic E-state index is 0.108. The van der Waals surface area contributed by atoms with Gasteiger partial charge in [-0.1, -0.05) is 24.3 Å². The van der Waals surface area contributed by atoms with E-state index in [0.717, 1.165) is 43.4 Å². The fourth-order valence-corrected chi connectivity index (χ4v) is 3.37. The third kappa shape index (κ3) is 4.36. The van der Waals surface area contributed by atoms with E-state index in [1.54, 1.807) is 18.3 Å². The molecule has 1 aliphatic heterocycles. The number of aromatic nitrogens is 1. The second-order valence-corrected chi connectivity index (χ2v) is 6.83. The van der Waals surface area contributed by atoms with Gasteiger partial charge in [-0.05, 0) is 42.5 Å². The Morgan fingerprint density at radius 1 is 0.897 bits per heavy atom. The second-order valence-electron chi connectivity index (χ2n) is 6.83. The third-order valence-corrected chi connectivity index (χ3v) is 4.99. The maximum atomic E-state index is 12.3. The van der Waals surface area contributed by atoms with Gasteiger partial charge in [0.25, 0.3) is 5.91 Å². The Morgan fingerprint density at radius 2 is 1.59 bits per heavy atom. The lowest BCUT2D eigenvalue weighted by atomic mass is 10.2. The van der Waals surface area contributed by atoms with Crippen LogP contribution in [0.3, 0.4) is 0 Å². The van der Waals surface area contributed by atoms with Crippen molar-refractivity contribution in [2.75, 3.05) is 41.3 Å². The molecule has 6 nitrogen and oxygen atoms in total. The number of pyridine rings is 1. The summed E-state index contributed by atoms with van der Waals surface area (Å²) in [4.78, 5) is 24.6. The summed E-state index contributed by atoms with van der Waals surface area (Å²) in [5.41, 5.74) is 3.13. The summed E-state index contributed by atoms with van der Waals surface area (Å²) >= 11 is 0. The number of hydrogen-bond acceptors (Lipinski definition) is 4. The molecule has 4 rings (SSSR count). The molecule has 2 aromatic carbocycles. The minimum atomic E-state index is -0.108. The monoisotopic (exact) mass is 383 g/mol. The lowest BCUT2D eigenvalue weighted by Gasteiger charge is -2.36. The molecular weight excluding hydrogens is 362 g/mol. The Balaban J connectivity index is 1.34. The number of nitrogens with one attached hydrogen (secondary N) is 1. The summed E-state index contributed by atoms with van der Waals surface area (Å²) in [6.07, 6.45) is 1.62. The third-order valence-electron chi connectivity index (χ3n) is 4.99. The average molecular weight is 383 g/mol. The first-order valence-corrected chi connectivity index (χ1v) is 9.53. The molecular formula is C23H21N5O. The quantitative estimate of drug-likeness (QED) is 0.686. The van der Waals surface area contributed by atoms with Gasteiger partial charge in [0.1, 0.15) is 5.82 Å². The highest BCUT2D eigenvalue weighted by atomic mass is 16.1. The van der Waals surface area contributed by atoms with Crippen molar-refractivity contribution in [2.24, 2.45) is 0 Å². The topological polar surface area (TPSA) is 52.8 Å². The van der Waals surface area contributed by atoms with Crippen LogP contribution >= 0.6 is 0 Å². The van der Waals surface area contributed by atoms with Crippen LogP contribution in [-0.2, 0) is 0 Å². The van der Waals surface area contributed by atoms with Gasteiger partial charge < -0.3 is 15.1 Å². The highest BCUT2D eigenvalue weighted by Crippen LogP contribution is 2.22. The van der Waals surface area contributed by atoms with E-state index in [0.29, 0.717) is 11.3 Å². The number of amides is 1. The van der Waals surface area contributed by atoms with Crippen LogP contribution in [0.1, 0.15) is 10.4 Å². The number of carbonyl (C=O) groups is 1. The molecule has 6 heteroatoms. The molecule has 0 radical (unpaired) electrons. The highest BCUT2D eigenvalue weighted by molar-refractivity contribution is 6.04. The number of carbonyl (C=O) groups excluding carboxylic acids is 1. The van der Waals surface area contributed by atoms with Gasteiger partial charge in [0.2, 0.25) is 5.69 Å². The van der Waals surface area contributed by atoms with Gasteiger partial charge in [-0.3, -0.25) is 9.78 Å². The molecule has 2 heterocycles. The van der Waals surface area contributed by atoms with Crippen LogP contribution in [0.2, 0.25) is 0 Å². The van der Waals surface area contributed by atoms with Crippen molar-refractivity contribution in [3.05, 3.63) is 89.9 Å². The van der Waals surface area contributed by atoms with Crippen molar-refractivity contribution in [3.8, 4) is 0 Å². The van der Waals surface area contributed by atoms with Crippen molar-refractivity contribution in [3.63, 3.8) is 0 Å². The van der Waals surface area contributed by atoms with Crippen molar-refractivity contribution in [1.29, 1.82) is 0 Å². The van der Waals surface area contributed by atoms with E-state index in [4.69, 9.17) is 6.57 Å². The molecule has 144 valence electrons. The zero-order valence-electron chi connectivity index (χ0n) is 16.0. The zero-order chi connectivity index (χ0) is 20.1. The zero-order valence-corrected chi connectivity index (χ0v) is 16.0. The molecule has 3 aromatic rings. The molecule has 1 fully saturated rings. The summed E-state index contributed by atoms with van der Waals surface area (Å²) in [5, 5.41) is 2.93. The van der Waals surface area contributed by atoms with Gasteiger partial charge in [0.05, 0.1) is 6.57 Å². The fourth-order valence-electron chi connectivity index (χ4n) is 3.37. The van der Waals surface area contributed by atoms with E-state index in [1.165, 1.54) is 0 Å². The normalized spacial score (nSPS) is 13.6. The Hall–Kier alpha value is -3.85. The molecule has 0 atom stereocenters. The Kier molecular flexibility index (Phi) is 5.39. The molecule has 1 N–H and O–H groups in total. The summed E-state index contributed by atoms with van der Waals surface area (Å²) < 4.78 is 0. The predicted molar refractivity (Wildman–Crippen MR) is 116 cm³/mol. The summed E-state index contributed by atoms with van der Waals surface area (Å²) in [6.45, 7) is 10.5. The van der Waals surface area contributed by atoms with Crippen molar-refractivity contribution >= 4 is 28.8 Å². The largest absolute Gasteiger partial charge is 0.368 e. The van der Waals surface area contributed by atoms with Gasteiger partial charge in [-0.25, -0.2) is 4.85 Å². The molecule has 0 spiro atoms. The van der Waals surface area contributed by atoms with E-state index < -0.39 is 0 Å². The molecule has 1 saturated heterocycles. The molecule has 0 aliphatic carbocycles. The maximum absolute atomic E-state index is 12.3. The number of benzene rings is 2. The van der Waals surface area contributed by atoms with Crippen LogP contribution in [0.15, 0.2) is 72.9 Å². The van der Waals surface area contributed by atoms with Crippen LogP contribution in [0.25, 0.3) is 4.85 Å². The van der Waals surface area contributed by atoms with E-state index in [-0.39, 0.29) is 5.91 Å². The standard InChI is InChI=1S/C23H21N5O/c1-24-20-9-12-22(25-17-20)28-15-13-27(14-16-28)21-10-7-19(8-11-21)26-23(29)18-5-3-2-4-6-18/h2-12,17H,13-16H2,(H,26,29). The summed E-state index contributed by atoms with van der Waals surface area (Å²) in [6, 6.07) is 20.9. The first kappa shape index (κ1) is 18.5. The van der Waals surface area contributed by atoms with E-state index in [1.807, 2.05) is 54.6 Å². The Labute approximate surface area is 170 Å². The number of hydrogen-bond donors (Lipinski definition) is 1. The molecule has 29 heavy (non-hydrogen) atoms. The highest BCUT2D eigenvalue weighted by Gasteiger charge is 2.18. The number of anilines is 3. The van der Waals surface area contributed by atoms with E-state index in [9.17, 15) is 4.79 Å². The van der Waals surface area contributed by atoms with E-state index in [2.05, 4.69) is 24.9 Å². The second kappa shape index (κ2) is 8.44. The van der Waals surface area contributed by atoms with Crippen LogP contribution < -0.4 is 15.1 Å². The number of nitrogens with zero attached hydrogens (tertiary/aromatic N) is 4. The Morgan fingerprint density at radius 3 is 2.21 bits per heavy atom. The van der Waals surface area contributed by atoms with Gasteiger partial charge in [0.15, 0.2) is 0 Å². The minimum Gasteiger partial charge on any atom is -0.368 e. The molecule has 0 bridgehead atoms. The smallest absolute Gasteiger partial charge is 0.255 e. The number of piperazine rings is 1.